The molecular weight excluding hydrogens is 564 g/mol. The third-order valence-corrected chi connectivity index (χ3v) is 8.41. The summed E-state index contributed by atoms with van der Waals surface area (Å²) in [6.07, 6.45) is 6.57. The number of methoxy groups -OCH3 is 2. The number of esters is 1. The molecular formula is C34H48N2O8. The van der Waals surface area contributed by atoms with Crippen LogP contribution < -0.4 is 5.32 Å². The zero-order valence-corrected chi connectivity index (χ0v) is 27.2. The van der Waals surface area contributed by atoms with Gasteiger partial charge in [0, 0.05) is 50.4 Å². The van der Waals surface area contributed by atoms with Crippen LogP contribution in [0.3, 0.4) is 0 Å². The molecule has 0 aromatic rings. The van der Waals surface area contributed by atoms with E-state index in [2.05, 4.69) is 5.32 Å². The van der Waals surface area contributed by atoms with E-state index >= 15 is 0 Å². The lowest BCUT2D eigenvalue weighted by molar-refractivity contribution is -0.155. The molecule has 0 spiro atoms. The topological polar surface area (TPSA) is 131 Å². The van der Waals surface area contributed by atoms with Crippen molar-refractivity contribution in [1.82, 2.24) is 10.2 Å². The van der Waals surface area contributed by atoms with Crippen molar-refractivity contribution in [2.24, 2.45) is 17.8 Å². The number of ether oxygens (including phenoxy) is 3. The molecule has 10 nitrogen and oxygen atoms in total. The van der Waals surface area contributed by atoms with E-state index in [-0.39, 0.29) is 41.4 Å². The first-order chi connectivity index (χ1) is 20.8. The number of likely N-dealkylation sites (tertiary alicyclic amines) is 1. The van der Waals surface area contributed by atoms with Gasteiger partial charge in [0.1, 0.15) is 6.10 Å². The number of carbonyl (C=O) groups excluding carboxylic acids is 4. The predicted octanol–water partition coefficient (Wildman–Crippen LogP) is 3.57. The summed E-state index contributed by atoms with van der Waals surface area (Å²) in [5, 5.41) is 14.0. The number of rotatable bonds is 5. The van der Waals surface area contributed by atoms with E-state index in [4.69, 9.17) is 14.2 Å². The lowest BCUT2D eigenvalue weighted by Crippen LogP contribution is -2.43. The number of carbonyl (C=O) groups is 4. The summed E-state index contributed by atoms with van der Waals surface area (Å²) in [6.45, 7) is 12.1. The minimum atomic E-state index is -0.912. The first-order valence-corrected chi connectivity index (χ1v) is 15.4. The summed E-state index contributed by atoms with van der Waals surface area (Å²) >= 11 is 0. The highest BCUT2D eigenvalue weighted by Gasteiger charge is 2.36. The van der Waals surface area contributed by atoms with Crippen LogP contribution in [-0.4, -0.2) is 85.2 Å². The predicted molar refractivity (Wildman–Crippen MR) is 166 cm³/mol. The summed E-state index contributed by atoms with van der Waals surface area (Å²) in [5.41, 5.74) is 1.68. The molecule has 1 saturated heterocycles. The van der Waals surface area contributed by atoms with Crippen molar-refractivity contribution in [3.8, 4) is 0 Å². The molecule has 1 amide bonds. The Hall–Kier alpha value is -3.34. The maximum absolute atomic E-state index is 13.7. The number of aliphatic hydroxyl groups is 1. The Kier molecular flexibility index (Phi) is 12.5. The quantitative estimate of drug-likeness (QED) is 0.272. The molecule has 6 atom stereocenters. The maximum Gasteiger partial charge on any atom is 0.309 e. The van der Waals surface area contributed by atoms with E-state index < -0.39 is 36.3 Å². The van der Waals surface area contributed by atoms with E-state index in [0.29, 0.717) is 41.9 Å². The van der Waals surface area contributed by atoms with Crippen LogP contribution in [0.15, 0.2) is 58.5 Å². The monoisotopic (exact) mass is 612 g/mol. The van der Waals surface area contributed by atoms with E-state index in [1.807, 2.05) is 31.7 Å². The van der Waals surface area contributed by atoms with Crippen molar-refractivity contribution < 1.29 is 38.5 Å². The highest BCUT2D eigenvalue weighted by atomic mass is 16.6. The van der Waals surface area contributed by atoms with Gasteiger partial charge >= 0.3 is 5.97 Å². The molecule has 3 rings (SSSR count). The van der Waals surface area contributed by atoms with E-state index in [9.17, 15) is 24.3 Å². The standard InChI is InChI=1S/C34H48N2O8/c1-19(2)34(41)44-32-23(6)17-22(5)30(38)28(43-8)16-20(3)15-24-29(36-13-10-14-36)26(37)18-25(31(24)39)35-33(40)21(4)11-9-12-27(32)42-7/h9,11-12,17-20,22,27-28,30,32,38H,10,13-16H2,1-8H3,(H,35,40)/b12-9-,21-11+,23-17+/t20-,22+,27+,28+,30-,32+/m1/s1. The molecule has 2 aliphatic heterocycles. The second-order valence-corrected chi connectivity index (χ2v) is 12.4. The molecule has 44 heavy (non-hydrogen) atoms. The van der Waals surface area contributed by atoms with Crippen LogP contribution >= 0.6 is 0 Å². The molecule has 1 aliphatic carbocycles. The fraction of sp³-hybridized carbons (Fsp3) is 0.588. The van der Waals surface area contributed by atoms with Gasteiger partial charge in [-0.25, -0.2) is 0 Å². The van der Waals surface area contributed by atoms with Crippen molar-refractivity contribution in [2.75, 3.05) is 27.3 Å². The third kappa shape index (κ3) is 8.43. The second kappa shape index (κ2) is 15.6. The molecule has 0 radical (unpaired) electrons. The number of hydrogen-bond acceptors (Lipinski definition) is 9. The largest absolute Gasteiger partial charge is 0.454 e. The number of hydrogen-bond donors (Lipinski definition) is 2. The zero-order valence-electron chi connectivity index (χ0n) is 27.2. The molecule has 10 heteroatoms. The normalized spacial score (nSPS) is 32.6. The molecule has 2 N–H and O–H groups in total. The molecule has 2 heterocycles. The second-order valence-electron chi connectivity index (χ2n) is 12.4. The van der Waals surface area contributed by atoms with Gasteiger partial charge in [-0.15, -0.1) is 0 Å². The number of amides is 1. The van der Waals surface area contributed by atoms with Gasteiger partial charge < -0.3 is 29.5 Å². The van der Waals surface area contributed by atoms with Gasteiger partial charge in [0.2, 0.25) is 11.6 Å². The number of allylic oxidation sites excluding steroid dienone is 4. The molecule has 3 aliphatic rings. The van der Waals surface area contributed by atoms with Gasteiger partial charge in [0.25, 0.3) is 5.91 Å². The Morgan fingerprint density at radius 2 is 1.77 bits per heavy atom. The lowest BCUT2D eigenvalue weighted by Gasteiger charge is -2.37. The van der Waals surface area contributed by atoms with Crippen LogP contribution in [0.4, 0.5) is 0 Å². The average Bonchev–Trinajstić information content (AvgIpc) is 2.94. The van der Waals surface area contributed by atoms with Crippen molar-refractivity contribution in [3.63, 3.8) is 0 Å². The number of nitrogens with zero attached hydrogens (tertiary/aromatic N) is 1. The number of aliphatic hydroxyl groups excluding tert-OH is 1. The smallest absolute Gasteiger partial charge is 0.309 e. The highest BCUT2D eigenvalue weighted by Crippen LogP contribution is 2.32. The minimum Gasteiger partial charge on any atom is -0.454 e. The van der Waals surface area contributed by atoms with Crippen LogP contribution in [-0.2, 0) is 33.4 Å². The molecule has 0 aromatic heterocycles. The fourth-order valence-electron chi connectivity index (χ4n) is 5.59. The van der Waals surface area contributed by atoms with Gasteiger partial charge in [-0.05, 0) is 44.6 Å². The van der Waals surface area contributed by atoms with Crippen LogP contribution in [0.25, 0.3) is 0 Å². The summed E-state index contributed by atoms with van der Waals surface area (Å²) in [5.74, 6) is -2.51. The number of nitrogens with one attached hydrogen (secondary N) is 1. The summed E-state index contributed by atoms with van der Waals surface area (Å²) in [7, 11) is 3.03. The molecule has 2 bridgehead atoms. The molecule has 242 valence electrons. The molecule has 0 unspecified atom stereocenters. The van der Waals surface area contributed by atoms with Gasteiger partial charge in [-0.3, -0.25) is 19.2 Å². The van der Waals surface area contributed by atoms with Crippen molar-refractivity contribution in [3.05, 3.63) is 58.5 Å². The minimum absolute atomic E-state index is 0.0617. The molecule has 0 saturated carbocycles. The average molecular weight is 613 g/mol. The van der Waals surface area contributed by atoms with Gasteiger partial charge in [0.05, 0.1) is 29.5 Å². The number of Topliss-reactive ketones (excluding diaryl/α,β-unsaturated/α-hetero) is 1. The van der Waals surface area contributed by atoms with E-state index in [1.54, 1.807) is 39.0 Å². The lowest BCUT2D eigenvalue weighted by atomic mass is 9.84. The van der Waals surface area contributed by atoms with Crippen LogP contribution in [0.2, 0.25) is 0 Å². The maximum atomic E-state index is 13.7. The highest BCUT2D eigenvalue weighted by molar-refractivity contribution is 6.23. The first kappa shape index (κ1) is 35.1. The summed E-state index contributed by atoms with van der Waals surface area (Å²) in [6, 6.07) is 0. The number of ketones is 2. The fourth-order valence-corrected chi connectivity index (χ4v) is 5.59. The van der Waals surface area contributed by atoms with Crippen LogP contribution in [0.5, 0.6) is 0 Å². The third-order valence-electron chi connectivity index (χ3n) is 8.41. The number of fused-ring (bicyclic) bond motifs is 2. The SMILES string of the molecule is CO[C@H]1/C=C\C=C(/C)C(=O)NC2=CC(=O)C(N3CCC3)=C(C[C@@H](C)C[C@H](OC)[C@H](O)[C@@H](C)/C=C(\C)[C@@H]1OC(=O)C(C)C)C2=O. The molecule has 0 aromatic carbocycles. The zero-order chi connectivity index (χ0) is 32.7. The first-order valence-electron chi connectivity index (χ1n) is 15.4. The summed E-state index contributed by atoms with van der Waals surface area (Å²) < 4.78 is 17.3. The van der Waals surface area contributed by atoms with Crippen LogP contribution in [0, 0.1) is 17.8 Å². The van der Waals surface area contributed by atoms with Crippen molar-refractivity contribution in [2.45, 2.75) is 85.2 Å². The van der Waals surface area contributed by atoms with Gasteiger partial charge in [0.15, 0.2) is 6.10 Å². The Morgan fingerprint density at radius 1 is 1.09 bits per heavy atom. The molecule has 1 fully saturated rings. The Morgan fingerprint density at radius 3 is 2.34 bits per heavy atom. The summed E-state index contributed by atoms with van der Waals surface area (Å²) in [4.78, 5) is 54.7. The Labute approximate surface area is 260 Å². The van der Waals surface area contributed by atoms with E-state index in [0.717, 1.165) is 6.42 Å². The van der Waals surface area contributed by atoms with Gasteiger partial charge in [-0.2, -0.15) is 0 Å². The Bertz CT molecular complexity index is 1270. The Balaban J connectivity index is 2.07. The van der Waals surface area contributed by atoms with Gasteiger partial charge in [-0.1, -0.05) is 52.0 Å². The van der Waals surface area contributed by atoms with Crippen LogP contribution in [0.1, 0.15) is 60.8 Å². The van der Waals surface area contributed by atoms with Crippen molar-refractivity contribution in [1.29, 1.82) is 0 Å². The van der Waals surface area contributed by atoms with Crippen molar-refractivity contribution >= 4 is 23.4 Å². The van der Waals surface area contributed by atoms with E-state index in [1.165, 1.54) is 20.3 Å².